The quantitative estimate of drug-likeness (QED) is 0.432. The molecule has 1 saturated heterocycles. The summed E-state index contributed by atoms with van der Waals surface area (Å²) in [5.74, 6) is 1.25. The molecule has 1 fully saturated rings. The number of hydrogen-bond acceptors (Lipinski definition) is 9. The molecule has 1 aliphatic rings. The number of rotatable bonds is 8. The Morgan fingerprint density at radius 2 is 1.78 bits per heavy atom. The normalized spacial score (nSPS) is 13.5. The van der Waals surface area contributed by atoms with Gasteiger partial charge in [-0.1, -0.05) is 26.7 Å². The van der Waals surface area contributed by atoms with Gasteiger partial charge in [0.15, 0.2) is 0 Å². The van der Waals surface area contributed by atoms with Crippen LogP contribution in [-0.2, 0) is 0 Å². The van der Waals surface area contributed by atoms with Crippen molar-refractivity contribution in [3.8, 4) is 27.8 Å². The van der Waals surface area contributed by atoms with E-state index in [1.807, 2.05) is 29.8 Å². The lowest BCUT2D eigenvalue weighted by Gasteiger charge is -2.13. The van der Waals surface area contributed by atoms with Crippen molar-refractivity contribution in [2.75, 3.05) is 26.4 Å². The number of ether oxygens (including phenoxy) is 1. The maximum absolute atomic E-state index is 5.86. The minimum absolute atomic E-state index is 0.575. The van der Waals surface area contributed by atoms with E-state index in [-0.39, 0.29) is 0 Å². The number of pyridine rings is 1. The molecular weight excluding hydrogens is 440 g/mol. The molecule has 0 aliphatic carbocycles. The lowest BCUT2D eigenvalue weighted by Crippen LogP contribution is -2.37. The van der Waals surface area contributed by atoms with Gasteiger partial charge >= 0.3 is 0 Å². The fraction of sp³-hybridized carbons (Fsp3) is 0.478. The summed E-state index contributed by atoms with van der Waals surface area (Å²) in [7, 11) is 0. The minimum Gasteiger partial charge on any atom is -0.477 e. The first kappa shape index (κ1) is 24.4. The molecule has 0 aromatic carbocycles. The van der Waals surface area contributed by atoms with Crippen LogP contribution in [0.15, 0.2) is 27.9 Å². The van der Waals surface area contributed by atoms with Crippen LogP contribution in [0.3, 0.4) is 0 Å². The van der Waals surface area contributed by atoms with Gasteiger partial charge in [-0.15, -0.1) is 22.7 Å². The topological polar surface area (TPSA) is 84.3 Å². The van der Waals surface area contributed by atoms with Crippen molar-refractivity contribution in [3.05, 3.63) is 28.6 Å². The second-order valence-electron chi connectivity index (χ2n) is 7.52. The van der Waals surface area contributed by atoms with Crippen LogP contribution in [0.2, 0.25) is 0 Å². The monoisotopic (exact) mass is 472 g/mol. The fourth-order valence-electron chi connectivity index (χ4n) is 3.15. The molecule has 0 saturated carbocycles. The second-order valence-corrected chi connectivity index (χ2v) is 9.21. The molecule has 0 amide bonds. The highest BCUT2D eigenvalue weighted by Crippen LogP contribution is 2.32. The molecule has 3 aromatic heterocycles. The third-order valence-corrected chi connectivity index (χ3v) is 6.91. The van der Waals surface area contributed by atoms with Crippen LogP contribution in [0.1, 0.15) is 38.8 Å². The SMILES string of the molecule is C1CNCNC1.C=Nc1nc(-c2csc(-c3ccc(OCC(CC)CC)nc3C)n2)cs1. The van der Waals surface area contributed by atoms with Crippen LogP contribution in [0.25, 0.3) is 22.0 Å². The Labute approximate surface area is 198 Å². The van der Waals surface area contributed by atoms with Crippen molar-refractivity contribution in [1.82, 2.24) is 25.6 Å². The Morgan fingerprint density at radius 3 is 2.34 bits per heavy atom. The van der Waals surface area contributed by atoms with Crippen LogP contribution in [-0.4, -0.2) is 48.0 Å². The predicted molar refractivity (Wildman–Crippen MR) is 135 cm³/mol. The summed E-state index contributed by atoms with van der Waals surface area (Å²) < 4.78 is 5.86. The molecule has 4 rings (SSSR count). The van der Waals surface area contributed by atoms with Gasteiger partial charge in [-0.3, -0.25) is 0 Å². The van der Waals surface area contributed by atoms with Crippen molar-refractivity contribution < 1.29 is 4.74 Å². The van der Waals surface area contributed by atoms with E-state index in [4.69, 9.17) is 9.72 Å². The van der Waals surface area contributed by atoms with Gasteiger partial charge in [0, 0.05) is 29.1 Å². The van der Waals surface area contributed by atoms with Crippen molar-refractivity contribution in [2.45, 2.75) is 40.0 Å². The Morgan fingerprint density at radius 1 is 1.06 bits per heavy atom. The summed E-state index contributed by atoms with van der Waals surface area (Å²) in [6.07, 6.45) is 3.52. The van der Waals surface area contributed by atoms with Crippen LogP contribution >= 0.6 is 22.7 Å². The van der Waals surface area contributed by atoms with Crippen LogP contribution in [0.4, 0.5) is 5.13 Å². The zero-order valence-corrected chi connectivity index (χ0v) is 20.7. The molecule has 4 heterocycles. The molecule has 2 N–H and O–H groups in total. The Balaban J connectivity index is 0.000000416. The summed E-state index contributed by atoms with van der Waals surface area (Å²) in [6.45, 7) is 14.0. The maximum atomic E-state index is 5.86. The number of nitrogens with one attached hydrogen (secondary N) is 2. The average molecular weight is 473 g/mol. The molecule has 0 spiro atoms. The summed E-state index contributed by atoms with van der Waals surface area (Å²) in [5, 5.41) is 11.9. The van der Waals surface area contributed by atoms with E-state index in [2.05, 4.69) is 46.2 Å². The van der Waals surface area contributed by atoms with Gasteiger partial charge in [-0.25, -0.2) is 19.9 Å². The first-order valence-corrected chi connectivity index (χ1v) is 12.8. The third-order valence-electron chi connectivity index (χ3n) is 5.26. The zero-order valence-electron chi connectivity index (χ0n) is 19.1. The number of nitrogens with zero attached hydrogens (tertiary/aromatic N) is 4. The van der Waals surface area contributed by atoms with Crippen LogP contribution < -0.4 is 15.4 Å². The highest BCUT2D eigenvalue weighted by molar-refractivity contribution is 7.14. The summed E-state index contributed by atoms with van der Waals surface area (Å²) in [5.41, 5.74) is 3.62. The zero-order chi connectivity index (χ0) is 22.8. The highest BCUT2D eigenvalue weighted by Gasteiger charge is 2.13. The van der Waals surface area contributed by atoms with E-state index in [1.54, 1.807) is 11.3 Å². The van der Waals surface area contributed by atoms with E-state index in [0.29, 0.717) is 23.5 Å². The van der Waals surface area contributed by atoms with Gasteiger partial charge < -0.3 is 15.4 Å². The average Bonchev–Trinajstić information content (AvgIpc) is 3.51. The Kier molecular flexibility index (Phi) is 9.73. The van der Waals surface area contributed by atoms with E-state index in [0.717, 1.165) is 47.2 Å². The van der Waals surface area contributed by atoms with E-state index < -0.39 is 0 Å². The molecule has 0 unspecified atom stereocenters. The Hall–Kier alpha value is -2.20. The number of thiazole rings is 2. The van der Waals surface area contributed by atoms with Gasteiger partial charge in [0.1, 0.15) is 16.4 Å². The molecule has 32 heavy (non-hydrogen) atoms. The number of aromatic nitrogens is 3. The van der Waals surface area contributed by atoms with Gasteiger partial charge in [-0.05, 0) is 45.1 Å². The smallest absolute Gasteiger partial charge is 0.213 e. The molecule has 0 atom stereocenters. The van der Waals surface area contributed by atoms with Crippen molar-refractivity contribution >= 4 is 34.5 Å². The van der Waals surface area contributed by atoms with Crippen molar-refractivity contribution in [2.24, 2.45) is 10.9 Å². The summed E-state index contributed by atoms with van der Waals surface area (Å²) >= 11 is 3.05. The maximum Gasteiger partial charge on any atom is 0.213 e. The van der Waals surface area contributed by atoms with Crippen molar-refractivity contribution in [3.63, 3.8) is 0 Å². The molecule has 9 heteroatoms. The lowest BCUT2D eigenvalue weighted by molar-refractivity contribution is 0.232. The molecular formula is C23H32N6OS2. The second kappa shape index (κ2) is 12.7. The molecule has 1 aliphatic heterocycles. The first-order valence-electron chi connectivity index (χ1n) is 11.0. The predicted octanol–water partition coefficient (Wildman–Crippen LogP) is 5.31. The Bertz CT molecular complexity index is 967. The van der Waals surface area contributed by atoms with E-state index in [9.17, 15) is 0 Å². The largest absolute Gasteiger partial charge is 0.477 e. The van der Waals surface area contributed by atoms with Gasteiger partial charge in [-0.2, -0.15) is 0 Å². The van der Waals surface area contributed by atoms with Crippen LogP contribution in [0, 0.1) is 12.8 Å². The molecule has 7 nitrogen and oxygen atoms in total. The third kappa shape index (κ3) is 6.90. The standard InChI is InChI=1S/C19H22N4OS2.C4H10N2/c1-5-13(6-2)9-24-17-8-7-14(12(3)21-17)18-22-15(10-25-18)16-11-26-19(20-4)23-16;1-2-5-4-6-3-1/h7-8,10-11,13H,4-6,9H2,1-3H3;5-6H,1-4H2. The summed E-state index contributed by atoms with van der Waals surface area (Å²) in [6, 6.07) is 3.96. The first-order chi connectivity index (χ1) is 15.6. The fourth-order valence-corrected chi connectivity index (χ4v) is 4.65. The van der Waals surface area contributed by atoms with Gasteiger partial charge in [0.2, 0.25) is 11.0 Å². The summed E-state index contributed by atoms with van der Waals surface area (Å²) in [4.78, 5) is 17.6. The molecule has 0 bridgehead atoms. The number of aryl methyl sites for hydroxylation is 1. The number of aliphatic imine (C=N–C) groups is 1. The molecule has 0 radical (unpaired) electrons. The van der Waals surface area contributed by atoms with Gasteiger partial charge in [0.25, 0.3) is 0 Å². The molecule has 172 valence electrons. The van der Waals surface area contributed by atoms with E-state index >= 15 is 0 Å². The lowest BCUT2D eigenvalue weighted by atomic mass is 10.1. The molecule has 3 aromatic rings. The van der Waals surface area contributed by atoms with Crippen LogP contribution in [0.5, 0.6) is 5.88 Å². The van der Waals surface area contributed by atoms with Crippen molar-refractivity contribution in [1.29, 1.82) is 0 Å². The van der Waals surface area contributed by atoms with Gasteiger partial charge in [0.05, 0.1) is 12.3 Å². The highest BCUT2D eigenvalue weighted by atomic mass is 32.1. The van der Waals surface area contributed by atoms with E-state index in [1.165, 1.54) is 30.8 Å². The minimum atomic E-state index is 0.575. The number of hydrogen-bond donors (Lipinski definition) is 2.